The van der Waals surface area contributed by atoms with E-state index in [0.717, 1.165) is 12.5 Å². The molecule has 0 aliphatic heterocycles. The zero-order chi connectivity index (χ0) is 12.0. The highest BCUT2D eigenvalue weighted by Gasteiger charge is 2.32. The van der Waals surface area contributed by atoms with Gasteiger partial charge in [0.05, 0.1) is 7.11 Å². The van der Waals surface area contributed by atoms with Gasteiger partial charge in [-0.25, -0.2) is 0 Å². The monoisotopic (exact) mass is 357 g/mol. The Kier molecular flexibility index (Phi) is 7.07. The minimum atomic E-state index is -0.0747. The molecule has 0 heterocycles. The standard InChI is InChI=1S/C11H20INO2S/c1-8(6-11(14)15-2)10-5-3-4-9(10)7-13-16-12/h8-10,13H,3-7H2,1-2H3. The molecule has 1 fully saturated rings. The predicted molar refractivity (Wildman–Crippen MR) is 76.2 cm³/mol. The third kappa shape index (κ3) is 4.41. The molecule has 0 bridgehead atoms. The Hall–Kier alpha value is 0.510. The Labute approximate surface area is 114 Å². The first-order valence-corrected chi connectivity index (χ1v) is 9.12. The molecule has 3 unspecified atom stereocenters. The lowest BCUT2D eigenvalue weighted by Crippen LogP contribution is -2.26. The normalized spacial score (nSPS) is 26.7. The third-order valence-corrected chi connectivity index (χ3v) is 4.78. The van der Waals surface area contributed by atoms with Crippen molar-refractivity contribution in [2.75, 3.05) is 13.7 Å². The smallest absolute Gasteiger partial charge is 0.305 e. The molecule has 94 valence electrons. The summed E-state index contributed by atoms with van der Waals surface area (Å²) in [6, 6.07) is 0. The molecule has 0 spiro atoms. The van der Waals surface area contributed by atoms with E-state index in [-0.39, 0.29) is 5.97 Å². The topological polar surface area (TPSA) is 38.3 Å². The molecule has 3 atom stereocenters. The number of esters is 1. The van der Waals surface area contributed by atoms with E-state index in [1.165, 1.54) is 26.4 Å². The second kappa shape index (κ2) is 7.76. The molecule has 5 heteroatoms. The lowest BCUT2D eigenvalue weighted by Gasteiger charge is -2.25. The summed E-state index contributed by atoms with van der Waals surface area (Å²) < 4.78 is 8.07. The van der Waals surface area contributed by atoms with Gasteiger partial charge in [0.25, 0.3) is 0 Å². The maximum Gasteiger partial charge on any atom is 0.305 e. The van der Waals surface area contributed by atoms with Crippen LogP contribution in [-0.2, 0) is 9.53 Å². The van der Waals surface area contributed by atoms with E-state index in [1.807, 2.05) is 0 Å². The van der Waals surface area contributed by atoms with Crippen molar-refractivity contribution in [3.63, 3.8) is 0 Å². The van der Waals surface area contributed by atoms with Crippen LogP contribution in [0.25, 0.3) is 0 Å². The van der Waals surface area contributed by atoms with E-state index in [0.29, 0.717) is 18.3 Å². The molecule has 1 saturated carbocycles. The fourth-order valence-corrected chi connectivity index (χ4v) is 3.52. The van der Waals surface area contributed by atoms with Crippen LogP contribution in [0.4, 0.5) is 0 Å². The third-order valence-electron chi connectivity index (χ3n) is 3.57. The highest BCUT2D eigenvalue weighted by Crippen LogP contribution is 2.38. The van der Waals surface area contributed by atoms with Gasteiger partial charge in [-0.05, 0) is 39.7 Å². The maximum atomic E-state index is 11.3. The first-order valence-electron chi connectivity index (χ1n) is 5.76. The van der Waals surface area contributed by atoms with E-state index in [1.54, 1.807) is 9.12 Å². The van der Waals surface area contributed by atoms with Crippen LogP contribution in [0.5, 0.6) is 0 Å². The number of hydrogen-bond donors (Lipinski definition) is 1. The molecular formula is C11H20INO2S. The van der Waals surface area contributed by atoms with Crippen LogP contribution in [0.3, 0.4) is 0 Å². The summed E-state index contributed by atoms with van der Waals surface area (Å²) in [4.78, 5) is 11.3. The molecule has 1 aliphatic rings. The van der Waals surface area contributed by atoms with Gasteiger partial charge in [0.1, 0.15) is 0 Å². The van der Waals surface area contributed by atoms with Crippen molar-refractivity contribution in [2.45, 2.75) is 32.6 Å². The van der Waals surface area contributed by atoms with Crippen molar-refractivity contribution in [3.8, 4) is 0 Å². The predicted octanol–water partition coefficient (Wildman–Crippen LogP) is 3.19. The largest absolute Gasteiger partial charge is 0.469 e. The quantitative estimate of drug-likeness (QED) is 0.450. The molecule has 0 amide bonds. The molecule has 0 radical (unpaired) electrons. The molecule has 1 rings (SSSR count). The number of carbonyl (C=O) groups excluding carboxylic acids is 1. The molecule has 16 heavy (non-hydrogen) atoms. The number of rotatable bonds is 6. The summed E-state index contributed by atoms with van der Waals surface area (Å²) in [6.45, 7) is 3.24. The van der Waals surface area contributed by atoms with Gasteiger partial charge in [0, 0.05) is 34.2 Å². The van der Waals surface area contributed by atoms with Crippen LogP contribution >= 0.6 is 30.3 Å². The number of carbonyl (C=O) groups is 1. The second-order valence-corrected chi connectivity index (χ2v) is 6.30. The van der Waals surface area contributed by atoms with Crippen LogP contribution in [0, 0.1) is 17.8 Å². The molecule has 3 nitrogen and oxygen atoms in total. The van der Waals surface area contributed by atoms with Crippen LogP contribution in [0.2, 0.25) is 0 Å². The Balaban J connectivity index is 2.40. The average Bonchev–Trinajstić information content (AvgIpc) is 2.74. The summed E-state index contributed by atoms with van der Waals surface area (Å²) in [5, 5.41) is 0. The van der Waals surface area contributed by atoms with Crippen LogP contribution < -0.4 is 4.72 Å². The van der Waals surface area contributed by atoms with E-state index < -0.39 is 0 Å². The van der Waals surface area contributed by atoms with Gasteiger partial charge in [0.2, 0.25) is 0 Å². The SMILES string of the molecule is COC(=O)CC(C)C1CCCC1CNSI. The zero-order valence-corrected chi connectivity index (χ0v) is 12.8. The first kappa shape index (κ1) is 14.6. The lowest BCUT2D eigenvalue weighted by molar-refractivity contribution is -0.142. The van der Waals surface area contributed by atoms with Gasteiger partial charge in [-0.3, -0.25) is 9.52 Å². The first-order chi connectivity index (χ1) is 7.69. The maximum absolute atomic E-state index is 11.3. The number of hydrogen-bond acceptors (Lipinski definition) is 4. The number of halogens is 1. The lowest BCUT2D eigenvalue weighted by atomic mass is 9.83. The fraction of sp³-hybridized carbons (Fsp3) is 0.909. The summed E-state index contributed by atoms with van der Waals surface area (Å²) in [5.41, 5.74) is 0. The molecule has 1 aliphatic carbocycles. The van der Waals surface area contributed by atoms with Crippen molar-refractivity contribution < 1.29 is 9.53 Å². The summed E-state index contributed by atoms with van der Waals surface area (Å²) in [7, 11) is 3.12. The highest BCUT2D eigenvalue weighted by molar-refractivity contribution is 14.2. The summed E-state index contributed by atoms with van der Waals surface area (Å²) >= 11 is 2.26. The van der Waals surface area contributed by atoms with Crippen LogP contribution in [0.15, 0.2) is 0 Å². The van der Waals surface area contributed by atoms with E-state index in [2.05, 4.69) is 32.9 Å². The van der Waals surface area contributed by atoms with Crippen molar-refractivity contribution >= 4 is 36.3 Å². The number of nitrogens with one attached hydrogen (secondary N) is 1. The second-order valence-electron chi connectivity index (χ2n) is 4.54. The van der Waals surface area contributed by atoms with Crippen LogP contribution in [-0.4, -0.2) is 19.6 Å². The molecule has 0 aromatic carbocycles. The highest BCUT2D eigenvalue weighted by atomic mass is 127. The van der Waals surface area contributed by atoms with Crippen LogP contribution in [0.1, 0.15) is 32.6 Å². The zero-order valence-electron chi connectivity index (χ0n) is 9.87. The number of ether oxygens (including phenoxy) is 1. The molecule has 0 aromatic rings. The molecule has 0 saturated heterocycles. The van der Waals surface area contributed by atoms with Gasteiger partial charge in [-0.1, -0.05) is 13.3 Å². The van der Waals surface area contributed by atoms with Gasteiger partial charge in [-0.2, -0.15) is 0 Å². The molecule has 0 aromatic heterocycles. The van der Waals surface area contributed by atoms with Gasteiger partial charge < -0.3 is 4.74 Å². The van der Waals surface area contributed by atoms with Crippen molar-refractivity contribution in [3.05, 3.63) is 0 Å². The minimum Gasteiger partial charge on any atom is -0.469 e. The summed E-state index contributed by atoms with van der Waals surface area (Å²) in [6.07, 6.45) is 4.42. The van der Waals surface area contributed by atoms with E-state index >= 15 is 0 Å². The van der Waals surface area contributed by atoms with Gasteiger partial charge in [-0.15, -0.1) is 0 Å². The van der Waals surface area contributed by atoms with Gasteiger partial charge >= 0.3 is 5.97 Å². The van der Waals surface area contributed by atoms with E-state index in [9.17, 15) is 4.79 Å². The Morgan fingerprint density at radius 1 is 1.62 bits per heavy atom. The van der Waals surface area contributed by atoms with Crippen molar-refractivity contribution in [2.24, 2.45) is 17.8 Å². The van der Waals surface area contributed by atoms with Gasteiger partial charge in [0.15, 0.2) is 0 Å². The van der Waals surface area contributed by atoms with E-state index in [4.69, 9.17) is 4.74 Å². The molecule has 1 N–H and O–H groups in total. The molecular weight excluding hydrogens is 337 g/mol. The van der Waals surface area contributed by atoms with Crippen molar-refractivity contribution in [1.82, 2.24) is 4.72 Å². The minimum absolute atomic E-state index is 0.0747. The summed E-state index contributed by atoms with van der Waals surface area (Å²) in [5.74, 6) is 1.77. The Morgan fingerprint density at radius 2 is 2.38 bits per heavy atom. The Morgan fingerprint density at radius 3 is 3.00 bits per heavy atom. The fourth-order valence-electron chi connectivity index (χ4n) is 2.70. The number of methoxy groups -OCH3 is 1. The Bertz CT molecular complexity index is 228. The van der Waals surface area contributed by atoms with Crippen molar-refractivity contribution in [1.29, 1.82) is 0 Å². The average molecular weight is 357 g/mol.